The summed E-state index contributed by atoms with van der Waals surface area (Å²) < 4.78 is 1.10. The molecule has 0 spiro atoms. The van der Waals surface area contributed by atoms with Gasteiger partial charge in [-0.2, -0.15) is 9.78 Å². The lowest BCUT2D eigenvalue weighted by Gasteiger charge is -2.09. The number of nitrogens with zero attached hydrogens (tertiary/aromatic N) is 2. The quantitative estimate of drug-likeness (QED) is 0.790. The first-order valence-corrected chi connectivity index (χ1v) is 6.33. The van der Waals surface area contributed by atoms with Crippen LogP contribution in [0.3, 0.4) is 0 Å². The Hall–Kier alpha value is -0.740. The van der Waals surface area contributed by atoms with Gasteiger partial charge in [0.05, 0.1) is 15.7 Å². The Balaban J connectivity index is 2.76. The number of rotatable bonds is 1. The van der Waals surface area contributed by atoms with Gasteiger partial charge in [0.1, 0.15) is 0 Å². The maximum absolute atomic E-state index is 12.0. The molecule has 3 nitrogen and oxygen atoms in total. The first kappa shape index (κ1) is 13.7. The van der Waals surface area contributed by atoms with E-state index in [1.807, 2.05) is 0 Å². The Morgan fingerprint density at radius 3 is 2.44 bits per heavy atom. The molecule has 2 aromatic rings. The summed E-state index contributed by atoms with van der Waals surface area (Å²) in [5.74, 6) is 0. The molecule has 0 N–H and O–H groups in total. The first-order chi connectivity index (χ1) is 8.41. The van der Waals surface area contributed by atoms with Crippen molar-refractivity contribution in [3.63, 3.8) is 0 Å². The third-order valence-electron chi connectivity index (χ3n) is 2.35. The minimum atomic E-state index is -0.381. The third kappa shape index (κ3) is 2.36. The van der Waals surface area contributed by atoms with Gasteiger partial charge in [0.25, 0.3) is 5.56 Å². The highest BCUT2D eigenvalue weighted by Gasteiger charge is 2.14. The van der Waals surface area contributed by atoms with E-state index in [1.54, 1.807) is 19.1 Å². The van der Waals surface area contributed by atoms with E-state index in [0.29, 0.717) is 21.3 Å². The summed E-state index contributed by atoms with van der Waals surface area (Å²) in [6, 6.07) is 4.71. The van der Waals surface area contributed by atoms with Crippen molar-refractivity contribution < 1.29 is 0 Å². The van der Waals surface area contributed by atoms with Crippen molar-refractivity contribution in [3.05, 3.63) is 54.3 Å². The van der Waals surface area contributed by atoms with Crippen molar-refractivity contribution in [2.75, 3.05) is 0 Å². The summed E-state index contributed by atoms with van der Waals surface area (Å²) in [4.78, 5) is 12.0. The number of aromatic nitrogens is 2. The molecule has 0 radical (unpaired) electrons. The predicted octanol–water partition coefficient (Wildman–Crippen LogP) is 4.15. The molecule has 0 aliphatic heterocycles. The average Bonchev–Trinajstić information content (AvgIpc) is 2.32. The van der Waals surface area contributed by atoms with Crippen LogP contribution in [0.5, 0.6) is 0 Å². The number of hydrogen-bond acceptors (Lipinski definition) is 2. The van der Waals surface area contributed by atoms with Gasteiger partial charge < -0.3 is 0 Å². The van der Waals surface area contributed by atoms with E-state index in [9.17, 15) is 4.79 Å². The zero-order chi connectivity index (χ0) is 13.4. The van der Waals surface area contributed by atoms with Crippen molar-refractivity contribution in [2.45, 2.75) is 6.92 Å². The lowest BCUT2D eigenvalue weighted by atomic mass is 10.3. The van der Waals surface area contributed by atoms with Crippen molar-refractivity contribution in [1.29, 1.82) is 0 Å². The topological polar surface area (TPSA) is 34.9 Å². The number of benzene rings is 1. The van der Waals surface area contributed by atoms with Crippen molar-refractivity contribution in [1.82, 2.24) is 9.78 Å². The lowest BCUT2D eigenvalue weighted by molar-refractivity contribution is 0.798. The van der Waals surface area contributed by atoms with E-state index in [0.717, 1.165) is 4.68 Å². The molecule has 1 aromatic heterocycles. The summed E-state index contributed by atoms with van der Waals surface area (Å²) in [6.45, 7) is 1.57. The van der Waals surface area contributed by atoms with Crippen LogP contribution in [0.15, 0.2) is 23.0 Å². The van der Waals surface area contributed by atoms with E-state index in [4.69, 9.17) is 46.4 Å². The second-order valence-corrected chi connectivity index (χ2v) is 5.12. The number of hydrogen-bond donors (Lipinski definition) is 0. The van der Waals surface area contributed by atoms with Crippen LogP contribution < -0.4 is 5.56 Å². The van der Waals surface area contributed by atoms with Gasteiger partial charge in [-0.05, 0) is 25.1 Å². The van der Waals surface area contributed by atoms with Gasteiger partial charge in [0.15, 0.2) is 5.15 Å². The van der Waals surface area contributed by atoms with E-state index < -0.39 is 0 Å². The fraction of sp³-hybridized carbons (Fsp3) is 0.0909. The molecule has 18 heavy (non-hydrogen) atoms. The summed E-state index contributed by atoms with van der Waals surface area (Å²) in [7, 11) is 0. The highest BCUT2D eigenvalue weighted by molar-refractivity contribution is 6.41. The molecule has 0 amide bonds. The summed E-state index contributed by atoms with van der Waals surface area (Å²) >= 11 is 23.5. The second-order valence-electron chi connectivity index (χ2n) is 3.54. The average molecular weight is 324 g/mol. The molecule has 0 fully saturated rings. The van der Waals surface area contributed by atoms with Gasteiger partial charge in [-0.15, -0.1) is 0 Å². The fourth-order valence-corrected chi connectivity index (χ4v) is 2.23. The largest absolute Gasteiger partial charge is 0.276 e. The number of halogens is 4. The van der Waals surface area contributed by atoms with Crippen LogP contribution in [-0.4, -0.2) is 9.78 Å². The maximum atomic E-state index is 12.0. The van der Waals surface area contributed by atoms with Gasteiger partial charge in [-0.3, -0.25) is 4.79 Å². The van der Waals surface area contributed by atoms with Crippen LogP contribution >= 0.6 is 46.4 Å². The molecule has 0 aliphatic carbocycles. The van der Waals surface area contributed by atoms with Gasteiger partial charge in [0.2, 0.25) is 0 Å². The Morgan fingerprint density at radius 1 is 1.17 bits per heavy atom. The highest BCUT2D eigenvalue weighted by Crippen LogP contribution is 2.25. The van der Waals surface area contributed by atoms with Crippen molar-refractivity contribution in [3.8, 4) is 5.69 Å². The van der Waals surface area contributed by atoms with Crippen LogP contribution in [0.25, 0.3) is 5.69 Å². The molecule has 1 aromatic carbocycles. The summed E-state index contributed by atoms with van der Waals surface area (Å²) in [5, 5.41) is 4.85. The molecule has 2 rings (SSSR count). The van der Waals surface area contributed by atoms with E-state index in [1.165, 1.54) is 6.07 Å². The van der Waals surface area contributed by atoms with Gasteiger partial charge >= 0.3 is 0 Å². The van der Waals surface area contributed by atoms with Crippen LogP contribution in [0.1, 0.15) is 5.56 Å². The van der Waals surface area contributed by atoms with Crippen LogP contribution in [0.4, 0.5) is 0 Å². The van der Waals surface area contributed by atoms with Gasteiger partial charge in [0, 0.05) is 10.6 Å². The molecule has 1 heterocycles. The molecule has 0 saturated heterocycles. The minimum absolute atomic E-state index is 0.0415. The van der Waals surface area contributed by atoms with Crippen LogP contribution in [0.2, 0.25) is 20.2 Å². The molecule has 0 bridgehead atoms. The van der Waals surface area contributed by atoms with Crippen molar-refractivity contribution in [2.24, 2.45) is 0 Å². The van der Waals surface area contributed by atoms with Crippen molar-refractivity contribution >= 4 is 46.4 Å². The summed E-state index contributed by atoms with van der Waals surface area (Å²) in [5.41, 5.74) is 0.323. The molecule has 0 unspecified atom stereocenters. The SMILES string of the molecule is Cc1c(Cl)c(Cl)nn(-c2ccc(Cl)cc2Cl)c1=O. The maximum Gasteiger partial charge on any atom is 0.276 e. The van der Waals surface area contributed by atoms with E-state index >= 15 is 0 Å². The fourth-order valence-electron chi connectivity index (χ4n) is 1.40. The first-order valence-electron chi connectivity index (χ1n) is 4.82. The zero-order valence-corrected chi connectivity index (χ0v) is 12.1. The Bertz CT molecular complexity index is 681. The van der Waals surface area contributed by atoms with Gasteiger partial charge in [-0.1, -0.05) is 46.4 Å². The lowest BCUT2D eigenvalue weighted by Crippen LogP contribution is -2.24. The van der Waals surface area contributed by atoms with E-state index in [-0.39, 0.29) is 15.7 Å². The standard InChI is InChI=1S/C11H6Cl4N2O/c1-5-9(14)10(15)16-17(11(5)18)8-3-2-6(12)4-7(8)13/h2-4H,1H3. The van der Waals surface area contributed by atoms with Crippen LogP contribution in [0, 0.1) is 6.92 Å². The smallest absolute Gasteiger partial charge is 0.267 e. The normalized spacial score (nSPS) is 10.7. The Morgan fingerprint density at radius 2 is 1.83 bits per heavy atom. The predicted molar refractivity (Wildman–Crippen MR) is 74.6 cm³/mol. The molecule has 0 saturated carbocycles. The third-order valence-corrected chi connectivity index (χ3v) is 3.71. The molecule has 0 atom stereocenters. The van der Waals surface area contributed by atoms with E-state index in [2.05, 4.69) is 5.10 Å². The Labute approximate surface area is 123 Å². The molecule has 94 valence electrons. The molecule has 0 aliphatic rings. The zero-order valence-electron chi connectivity index (χ0n) is 9.05. The second kappa shape index (κ2) is 5.10. The monoisotopic (exact) mass is 322 g/mol. The Kier molecular flexibility index (Phi) is 3.87. The highest BCUT2D eigenvalue weighted by atomic mass is 35.5. The minimum Gasteiger partial charge on any atom is -0.267 e. The van der Waals surface area contributed by atoms with Crippen LogP contribution in [-0.2, 0) is 0 Å². The molecular formula is C11H6Cl4N2O. The van der Waals surface area contributed by atoms with Gasteiger partial charge in [-0.25, -0.2) is 0 Å². The molecular weight excluding hydrogens is 318 g/mol. The molecule has 7 heteroatoms. The summed E-state index contributed by atoms with van der Waals surface area (Å²) in [6.07, 6.45) is 0.